The second-order valence-corrected chi connectivity index (χ2v) is 3.42. The van der Waals surface area contributed by atoms with Crippen LogP contribution in [0.4, 0.5) is 26.3 Å². The van der Waals surface area contributed by atoms with Crippen LogP contribution in [0.2, 0.25) is 0 Å². The molecule has 0 unspecified atom stereocenters. The Kier molecular flexibility index (Phi) is 3.72. The number of ether oxygens (including phenoxy) is 3. The van der Waals surface area contributed by atoms with Crippen LogP contribution in [0.5, 0.6) is 0 Å². The molecule has 1 aliphatic heterocycles. The summed E-state index contributed by atoms with van der Waals surface area (Å²) in [7, 11) is 0.837. The van der Waals surface area contributed by atoms with Crippen LogP contribution in [0.25, 0.3) is 0 Å². The van der Waals surface area contributed by atoms with Gasteiger partial charge in [-0.15, -0.1) is 0 Å². The molecule has 110 valence electrons. The normalized spacial score (nSPS) is 23.1. The molecule has 1 aliphatic rings. The molecule has 1 heterocycles. The largest absolute Gasteiger partial charge is 0.469 e. The summed E-state index contributed by atoms with van der Waals surface area (Å²) in [6.07, 6.45) is -15.5. The maximum absolute atomic E-state index is 12.4. The second-order valence-electron chi connectivity index (χ2n) is 3.42. The topological polar surface area (TPSA) is 61.8 Å². The second kappa shape index (κ2) is 4.54. The molecule has 1 saturated heterocycles. The molecule has 0 saturated carbocycles. The van der Waals surface area contributed by atoms with Crippen LogP contribution < -0.4 is 0 Å². The van der Waals surface area contributed by atoms with E-state index >= 15 is 0 Å². The maximum Gasteiger partial charge on any atom is 0.465 e. The van der Waals surface area contributed by atoms with Gasteiger partial charge in [0, 0.05) is 0 Å². The van der Waals surface area contributed by atoms with Crippen molar-refractivity contribution in [1.29, 1.82) is 0 Å². The van der Waals surface area contributed by atoms with Crippen LogP contribution in [-0.2, 0) is 23.8 Å². The summed E-state index contributed by atoms with van der Waals surface area (Å²) in [6.45, 7) is 0. The van der Waals surface area contributed by atoms with Crippen molar-refractivity contribution in [3.8, 4) is 0 Å². The highest BCUT2D eigenvalue weighted by atomic mass is 19.4. The monoisotopic (exact) mass is 296 g/mol. The van der Waals surface area contributed by atoms with Crippen molar-refractivity contribution in [3.05, 3.63) is 0 Å². The van der Waals surface area contributed by atoms with E-state index in [9.17, 15) is 35.9 Å². The van der Waals surface area contributed by atoms with E-state index in [1.54, 1.807) is 0 Å². The predicted molar refractivity (Wildman–Crippen MR) is 42.4 cm³/mol. The Balaban J connectivity index is 3.07. The number of carbonyl (C=O) groups is 2. The molecule has 0 N–H and O–H groups in total. The molecule has 0 spiro atoms. The van der Waals surface area contributed by atoms with Gasteiger partial charge in [-0.25, -0.2) is 4.79 Å². The predicted octanol–water partition coefficient (Wildman–Crippen LogP) is 1.31. The van der Waals surface area contributed by atoms with Crippen LogP contribution in [0.15, 0.2) is 0 Å². The number of carbonyl (C=O) groups excluding carboxylic acids is 2. The van der Waals surface area contributed by atoms with E-state index in [2.05, 4.69) is 14.2 Å². The molecule has 0 bridgehead atoms. The van der Waals surface area contributed by atoms with Crippen LogP contribution in [-0.4, -0.2) is 43.3 Å². The van der Waals surface area contributed by atoms with Gasteiger partial charge >= 0.3 is 30.1 Å². The third kappa shape index (κ3) is 2.60. The van der Waals surface area contributed by atoms with Crippen molar-refractivity contribution >= 4 is 11.9 Å². The standard InChI is InChI=1S/C8H6F6O5/c1-17-4(15)2-3-5(16)19-6(18-3,7(9,10)11)8(12,13)14/h3H,2H2,1H3/t3-/m0/s1. The molecule has 1 atom stereocenters. The molecule has 19 heavy (non-hydrogen) atoms. The minimum absolute atomic E-state index is 0.837. The van der Waals surface area contributed by atoms with Crippen molar-refractivity contribution in [2.24, 2.45) is 0 Å². The number of esters is 2. The summed E-state index contributed by atoms with van der Waals surface area (Å²) in [5.74, 6) is -8.22. The van der Waals surface area contributed by atoms with E-state index in [-0.39, 0.29) is 0 Å². The van der Waals surface area contributed by atoms with Crippen molar-refractivity contribution in [2.75, 3.05) is 7.11 Å². The van der Waals surface area contributed by atoms with Crippen molar-refractivity contribution in [3.63, 3.8) is 0 Å². The highest BCUT2D eigenvalue weighted by molar-refractivity contribution is 5.83. The highest BCUT2D eigenvalue weighted by Crippen LogP contribution is 2.50. The molecular weight excluding hydrogens is 290 g/mol. The van der Waals surface area contributed by atoms with Gasteiger partial charge in [-0.3, -0.25) is 4.79 Å². The Bertz CT molecular complexity index is 372. The van der Waals surface area contributed by atoms with Gasteiger partial charge in [-0.2, -0.15) is 26.3 Å². The van der Waals surface area contributed by atoms with E-state index in [0.29, 0.717) is 0 Å². The lowest BCUT2D eigenvalue weighted by Crippen LogP contribution is -2.58. The van der Waals surface area contributed by atoms with Crippen LogP contribution >= 0.6 is 0 Å². The molecule has 5 nitrogen and oxygen atoms in total. The minimum Gasteiger partial charge on any atom is -0.469 e. The molecular formula is C8H6F6O5. The van der Waals surface area contributed by atoms with Crippen LogP contribution in [0.1, 0.15) is 6.42 Å². The number of rotatable bonds is 2. The maximum atomic E-state index is 12.4. The summed E-state index contributed by atoms with van der Waals surface area (Å²) in [5, 5.41) is 0. The fourth-order valence-electron chi connectivity index (χ4n) is 1.25. The molecule has 0 amide bonds. The SMILES string of the molecule is COC(=O)C[C@@H]1OC(C(F)(F)F)(C(F)(F)F)OC1=O. The van der Waals surface area contributed by atoms with Gasteiger partial charge in [-0.1, -0.05) is 0 Å². The Morgan fingerprint density at radius 3 is 2.05 bits per heavy atom. The molecule has 0 radical (unpaired) electrons. The Hall–Kier alpha value is -1.52. The summed E-state index contributed by atoms with van der Waals surface area (Å²) < 4.78 is 85.6. The molecule has 0 aromatic heterocycles. The van der Waals surface area contributed by atoms with Gasteiger partial charge in [0.15, 0.2) is 6.10 Å². The first-order chi connectivity index (χ1) is 8.44. The van der Waals surface area contributed by atoms with Gasteiger partial charge in [0.25, 0.3) is 0 Å². The van der Waals surface area contributed by atoms with Gasteiger partial charge in [0.05, 0.1) is 13.5 Å². The van der Waals surface area contributed by atoms with Crippen molar-refractivity contribution < 1.29 is 50.1 Å². The highest BCUT2D eigenvalue weighted by Gasteiger charge is 2.80. The first kappa shape index (κ1) is 15.5. The molecule has 0 aromatic carbocycles. The first-order valence-corrected chi connectivity index (χ1v) is 4.55. The average molecular weight is 296 g/mol. The smallest absolute Gasteiger partial charge is 0.465 e. The zero-order valence-corrected chi connectivity index (χ0v) is 9.09. The van der Waals surface area contributed by atoms with Crippen LogP contribution in [0, 0.1) is 0 Å². The molecule has 1 rings (SSSR count). The Morgan fingerprint density at radius 2 is 1.74 bits per heavy atom. The Morgan fingerprint density at radius 1 is 1.26 bits per heavy atom. The fraction of sp³-hybridized carbons (Fsp3) is 0.750. The molecule has 0 aliphatic carbocycles. The fourth-order valence-corrected chi connectivity index (χ4v) is 1.25. The number of methoxy groups -OCH3 is 1. The summed E-state index contributed by atoms with van der Waals surface area (Å²) in [5.41, 5.74) is 0. The van der Waals surface area contributed by atoms with Gasteiger partial charge in [-0.05, 0) is 0 Å². The summed E-state index contributed by atoms with van der Waals surface area (Å²) >= 11 is 0. The Labute approximate surface area is 101 Å². The van der Waals surface area contributed by atoms with Crippen molar-refractivity contribution in [1.82, 2.24) is 0 Å². The lowest BCUT2D eigenvalue weighted by Gasteiger charge is -2.30. The van der Waals surface area contributed by atoms with Gasteiger partial charge in [0.1, 0.15) is 0 Å². The summed E-state index contributed by atoms with van der Waals surface area (Å²) in [6, 6.07) is 0. The van der Waals surface area contributed by atoms with E-state index in [1.165, 1.54) is 0 Å². The van der Waals surface area contributed by atoms with E-state index in [4.69, 9.17) is 0 Å². The van der Waals surface area contributed by atoms with Crippen molar-refractivity contribution in [2.45, 2.75) is 30.7 Å². The number of hydrogen-bond acceptors (Lipinski definition) is 5. The molecule has 0 aromatic rings. The zero-order valence-electron chi connectivity index (χ0n) is 9.09. The lowest BCUT2D eigenvalue weighted by atomic mass is 10.2. The van der Waals surface area contributed by atoms with Gasteiger partial charge < -0.3 is 14.2 Å². The summed E-state index contributed by atoms with van der Waals surface area (Å²) in [4.78, 5) is 21.7. The number of halogens is 6. The number of alkyl halides is 6. The van der Waals surface area contributed by atoms with E-state index < -0.39 is 42.6 Å². The minimum atomic E-state index is -6.04. The first-order valence-electron chi connectivity index (χ1n) is 4.55. The van der Waals surface area contributed by atoms with E-state index in [1.807, 2.05) is 0 Å². The van der Waals surface area contributed by atoms with E-state index in [0.717, 1.165) is 7.11 Å². The third-order valence-electron chi connectivity index (χ3n) is 2.14. The van der Waals surface area contributed by atoms with Gasteiger partial charge in [0.2, 0.25) is 0 Å². The van der Waals surface area contributed by atoms with Crippen LogP contribution in [0.3, 0.4) is 0 Å². The molecule has 11 heteroatoms. The molecule has 1 fully saturated rings. The zero-order chi connectivity index (χ0) is 15.1. The number of hydrogen-bond donors (Lipinski definition) is 0. The quantitative estimate of drug-likeness (QED) is 0.568. The lowest BCUT2D eigenvalue weighted by molar-refractivity contribution is -0.439. The number of cyclic esters (lactones) is 1. The third-order valence-corrected chi connectivity index (χ3v) is 2.14. The average Bonchev–Trinajstić information content (AvgIpc) is 2.56.